The number of amides is 1. The Labute approximate surface area is 148 Å². The van der Waals surface area contributed by atoms with Crippen LogP contribution >= 0.6 is 12.4 Å². The van der Waals surface area contributed by atoms with E-state index in [-0.39, 0.29) is 47.1 Å². The second-order valence-electron chi connectivity index (χ2n) is 6.30. The van der Waals surface area contributed by atoms with Crippen molar-refractivity contribution in [3.05, 3.63) is 23.8 Å². The van der Waals surface area contributed by atoms with Crippen molar-refractivity contribution in [2.45, 2.75) is 43.2 Å². The molecule has 0 heterocycles. The zero-order valence-electron chi connectivity index (χ0n) is 14.0. The van der Waals surface area contributed by atoms with E-state index in [4.69, 9.17) is 10.5 Å². The van der Waals surface area contributed by atoms with Gasteiger partial charge in [0.15, 0.2) is 0 Å². The molecule has 0 spiro atoms. The maximum absolute atomic E-state index is 12.4. The Balaban J connectivity index is 0.00000288. The first-order valence-corrected chi connectivity index (χ1v) is 8.90. The summed E-state index contributed by atoms with van der Waals surface area (Å²) in [5.74, 6) is -0.182. The number of methoxy groups -OCH3 is 1. The van der Waals surface area contributed by atoms with Gasteiger partial charge in [0.25, 0.3) is 5.91 Å². The van der Waals surface area contributed by atoms with Crippen molar-refractivity contribution in [2.75, 3.05) is 13.7 Å². The predicted molar refractivity (Wildman–Crippen MR) is 94.2 cm³/mol. The first kappa shape index (κ1) is 20.7. The molecule has 1 amide bonds. The molecule has 1 saturated carbocycles. The molecule has 0 bridgehead atoms. The average Bonchev–Trinajstić information content (AvgIpc) is 3.29. The third-order valence-corrected chi connectivity index (χ3v) is 5.12. The monoisotopic (exact) mass is 377 g/mol. The van der Waals surface area contributed by atoms with Crippen LogP contribution in [0.1, 0.15) is 37.0 Å². The van der Waals surface area contributed by atoms with Gasteiger partial charge in [-0.25, -0.2) is 13.1 Å². The highest BCUT2D eigenvalue weighted by atomic mass is 35.5. The number of benzene rings is 1. The van der Waals surface area contributed by atoms with Gasteiger partial charge in [-0.3, -0.25) is 4.79 Å². The van der Waals surface area contributed by atoms with Gasteiger partial charge in [0.05, 0.1) is 7.11 Å². The zero-order valence-corrected chi connectivity index (χ0v) is 15.6. The summed E-state index contributed by atoms with van der Waals surface area (Å²) in [6.07, 6.45) is 1.65. The molecule has 1 fully saturated rings. The molecule has 1 aromatic rings. The van der Waals surface area contributed by atoms with E-state index in [9.17, 15) is 13.2 Å². The van der Waals surface area contributed by atoms with E-state index in [1.54, 1.807) is 13.8 Å². The van der Waals surface area contributed by atoms with Crippen LogP contribution in [0.15, 0.2) is 23.1 Å². The quantitative estimate of drug-likeness (QED) is 0.657. The molecule has 0 aromatic heterocycles. The number of ether oxygens (including phenoxy) is 1. The molecule has 1 aromatic carbocycles. The lowest BCUT2D eigenvalue weighted by Crippen LogP contribution is -2.48. The molecule has 1 aliphatic rings. The molecule has 0 aliphatic heterocycles. The number of carbonyl (C=O) groups is 1. The van der Waals surface area contributed by atoms with Crippen molar-refractivity contribution in [3.8, 4) is 5.75 Å². The topological polar surface area (TPSA) is 111 Å². The summed E-state index contributed by atoms with van der Waals surface area (Å²) < 4.78 is 32.6. The van der Waals surface area contributed by atoms with Gasteiger partial charge in [0, 0.05) is 23.7 Å². The number of carbonyl (C=O) groups excluding carboxylic acids is 1. The van der Waals surface area contributed by atoms with Gasteiger partial charge in [-0.05, 0) is 44.9 Å². The molecule has 1 aliphatic carbocycles. The van der Waals surface area contributed by atoms with Crippen molar-refractivity contribution in [2.24, 2.45) is 5.73 Å². The Morgan fingerprint density at radius 1 is 1.38 bits per heavy atom. The normalized spacial score (nSPS) is 14.7. The summed E-state index contributed by atoms with van der Waals surface area (Å²) in [5.41, 5.74) is 5.26. The molecule has 0 atom stereocenters. The maximum Gasteiger partial charge on any atom is 0.251 e. The molecule has 9 heteroatoms. The van der Waals surface area contributed by atoms with E-state index in [0.717, 1.165) is 12.8 Å². The Morgan fingerprint density at radius 3 is 2.50 bits per heavy atom. The van der Waals surface area contributed by atoms with Gasteiger partial charge in [0.1, 0.15) is 10.6 Å². The summed E-state index contributed by atoms with van der Waals surface area (Å²) in [6.45, 7) is 3.85. The number of sulfonamides is 1. The first-order chi connectivity index (χ1) is 10.7. The number of nitrogens with one attached hydrogen (secondary N) is 2. The molecule has 0 saturated heterocycles. The molecule has 136 valence electrons. The van der Waals surface area contributed by atoms with E-state index < -0.39 is 15.6 Å². The van der Waals surface area contributed by atoms with Crippen LogP contribution in [0.25, 0.3) is 0 Å². The number of halogens is 1. The van der Waals surface area contributed by atoms with Crippen molar-refractivity contribution >= 4 is 28.3 Å². The largest absolute Gasteiger partial charge is 0.495 e. The molecule has 0 unspecified atom stereocenters. The number of rotatable bonds is 7. The minimum atomic E-state index is -3.72. The highest BCUT2D eigenvalue weighted by Gasteiger charge is 2.30. The molecular weight excluding hydrogens is 354 g/mol. The van der Waals surface area contributed by atoms with Gasteiger partial charge in [0.2, 0.25) is 10.0 Å². The second kappa shape index (κ2) is 7.69. The highest BCUT2D eigenvalue weighted by Crippen LogP contribution is 2.28. The Kier molecular flexibility index (Phi) is 6.63. The van der Waals surface area contributed by atoms with Crippen molar-refractivity contribution in [3.63, 3.8) is 0 Å². The SMILES string of the molecule is COc1ccc(C(=O)NC(C)(C)CN)cc1S(=O)(=O)NC1CC1.Cl. The lowest BCUT2D eigenvalue weighted by atomic mass is 10.1. The van der Waals surface area contributed by atoms with Crippen molar-refractivity contribution in [1.29, 1.82) is 0 Å². The third-order valence-electron chi connectivity index (χ3n) is 3.58. The van der Waals surface area contributed by atoms with Crippen LogP contribution in [0, 0.1) is 0 Å². The summed E-state index contributed by atoms with van der Waals surface area (Å²) in [5, 5.41) is 2.77. The Bertz CT molecular complexity index is 703. The Morgan fingerprint density at radius 2 is 2.00 bits per heavy atom. The number of hydrogen-bond acceptors (Lipinski definition) is 5. The maximum atomic E-state index is 12.4. The van der Waals surface area contributed by atoms with Gasteiger partial charge < -0.3 is 15.8 Å². The molecule has 7 nitrogen and oxygen atoms in total. The van der Waals surface area contributed by atoms with Crippen LogP contribution < -0.4 is 20.5 Å². The lowest BCUT2D eigenvalue weighted by molar-refractivity contribution is 0.0915. The standard InChI is InChI=1S/C15H23N3O4S.ClH/c1-15(2,9-16)17-14(19)10-4-7-12(22-3)13(8-10)23(20,21)18-11-5-6-11;/h4,7-8,11,18H,5-6,9,16H2,1-3H3,(H,17,19);1H. The van der Waals surface area contributed by atoms with Gasteiger partial charge >= 0.3 is 0 Å². The summed E-state index contributed by atoms with van der Waals surface area (Å²) in [4.78, 5) is 12.3. The molecular formula is C15H24ClN3O4S. The van der Waals surface area contributed by atoms with Gasteiger partial charge in [-0.15, -0.1) is 12.4 Å². The van der Waals surface area contributed by atoms with E-state index in [1.807, 2.05) is 0 Å². The van der Waals surface area contributed by atoms with Gasteiger partial charge in [-0.2, -0.15) is 0 Å². The lowest BCUT2D eigenvalue weighted by Gasteiger charge is -2.24. The van der Waals surface area contributed by atoms with Crippen LogP contribution in [0.5, 0.6) is 5.75 Å². The molecule has 24 heavy (non-hydrogen) atoms. The molecule has 0 radical (unpaired) electrons. The molecule has 4 N–H and O–H groups in total. The summed E-state index contributed by atoms with van der Waals surface area (Å²) >= 11 is 0. The van der Waals surface area contributed by atoms with E-state index in [1.165, 1.54) is 25.3 Å². The van der Waals surface area contributed by atoms with Crippen molar-refractivity contribution in [1.82, 2.24) is 10.0 Å². The van der Waals surface area contributed by atoms with E-state index in [0.29, 0.717) is 0 Å². The summed E-state index contributed by atoms with van der Waals surface area (Å²) in [7, 11) is -2.33. The van der Waals surface area contributed by atoms with Crippen LogP contribution in [0.3, 0.4) is 0 Å². The average molecular weight is 378 g/mol. The van der Waals surface area contributed by atoms with Crippen LogP contribution in [0.4, 0.5) is 0 Å². The summed E-state index contributed by atoms with van der Waals surface area (Å²) in [6, 6.07) is 4.30. The predicted octanol–water partition coefficient (Wildman–Crippen LogP) is 1.02. The highest BCUT2D eigenvalue weighted by molar-refractivity contribution is 7.89. The third kappa shape index (κ3) is 5.07. The smallest absolute Gasteiger partial charge is 0.251 e. The Hall–Kier alpha value is -1.35. The van der Waals surface area contributed by atoms with Crippen LogP contribution in [-0.4, -0.2) is 39.6 Å². The number of hydrogen-bond donors (Lipinski definition) is 3. The zero-order chi connectivity index (χ0) is 17.3. The first-order valence-electron chi connectivity index (χ1n) is 7.41. The second-order valence-corrected chi connectivity index (χ2v) is 7.99. The van der Waals surface area contributed by atoms with E-state index >= 15 is 0 Å². The van der Waals surface area contributed by atoms with Crippen LogP contribution in [-0.2, 0) is 10.0 Å². The minimum absolute atomic E-state index is 0. The minimum Gasteiger partial charge on any atom is -0.495 e. The number of nitrogens with two attached hydrogens (primary N) is 1. The molecule has 2 rings (SSSR count). The van der Waals surface area contributed by atoms with E-state index in [2.05, 4.69) is 10.0 Å². The van der Waals surface area contributed by atoms with Crippen LogP contribution in [0.2, 0.25) is 0 Å². The fourth-order valence-electron chi connectivity index (χ4n) is 1.94. The fourth-order valence-corrected chi connectivity index (χ4v) is 3.44. The van der Waals surface area contributed by atoms with Gasteiger partial charge in [-0.1, -0.05) is 0 Å². The fraction of sp³-hybridized carbons (Fsp3) is 0.533. The van der Waals surface area contributed by atoms with Crippen molar-refractivity contribution < 1.29 is 17.9 Å².